The Labute approximate surface area is 158 Å². The van der Waals surface area contributed by atoms with Crippen LogP contribution in [-0.4, -0.2) is 24.4 Å². The van der Waals surface area contributed by atoms with Crippen molar-refractivity contribution >= 4 is 21.4 Å². The zero-order valence-corrected chi connectivity index (χ0v) is 15.7. The Morgan fingerprint density at radius 2 is 1.85 bits per heavy atom. The fourth-order valence-corrected chi connectivity index (χ4v) is 5.24. The first-order valence-electron chi connectivity index (χ1n) is 7.90. The van der Waals surface area contributed by atoms with E-state index in [9.17, 15) is 21.6 Å². The van der Waals surface area contributed by atoms with Crippen molar-refractivity contribution < 1.29 is 26.1 Å². The molecule has 27 heavy (non-hydrogen) atoms. The maximum absolute atomic E-state index is 12.9. The van der Waals surface area contributed by atoms with Crippen molar-refractivity contribution in [1.29, 1.82) is 0 Å². The van der Waals surface area contributed by atoms with Gasteiger partial charge in [-0.2, -0.15) is 17.5 Å². The highest BCUT2D eigenvalue weighted by Gasteiger charge is 2.35. The molecule has 0 fully saturated rings. The molecule has 0 saturated carbocycles. The van der Waals surface area contributed by atoms with Crippen molar-refractivity contribution in [2.75, 3.05) is 6.54 Å². The van der Waals surface area contributed by atoms with E-state index in [0.717, 1.165) is 23.0 Å². The van der Waals surface area contributed by atoms with Crippen molar-refractivity contribution in [1.82, 2.24) is 9.46 Å². The zero-order valence-electron chi connectivity index (χ0n) is 14.1. The predicted molar refractivity (Wildman–Crippen MR) is 94.5 cm³/mol. The number of benzene rings is 1. The standard InChI is InChI=1S/C17H15F3N2O3S2/c1-2-22(11-12-6-4-3-5-7-12)27(23,24)16-9-8-14(26-16)13-10-15(21-25-13)17(18,19)20/h3-10H,2,11H2,1H3. The highest BCUT2D eigenvalue weighted by atomic mass is 32.2. The maximum Gasteiger partial charge on any atom is 0.436 e. The SMILES string of the molecule is CCN(Cc1ccccc1)S(=O)(=O)c1ccc(-c2cc(C(F)(F)F)no2)s1. The molecule has 0 aliphatic heterocycles. The van der Waals surface area contributed by atoms with Gasteiger partial charge in [0.15, 0.2) is 11.5 Å². The Morgan fingerprint density at radius 1 is 1.15 bits per heavy atom. The predicted octanol–water partition coefficient (Wildman–Crippen LogP) is 4.63. The molecule has 5 nitrogen and oxygen atoms in total. The molecule has 0 amide bonds. The van der Waals surface area contributed by atoms with Crippen LogP contribution in [0.1, 0.15) is 18.2 Å². The fraction of sp³-hybridized carbons (Fsp3) is 0.235. The molecular formula is C17H15F3N2O3S2. The molecule has 0 atom stereocenters. The van der Waals surface area contributed by atoms with Gasteiger partial charge in [-0.05, 0) is 17.7 Å². The number of alkyl halides is 3. The van der Waals surface area contributed by atoms with E-state index in [4.69, 9.17) is 4.52 Å². The van der Waals surface area contributed by atoms with Gasteiger partial charge in [-0.25, -0.2) is 8.42 Å². The van der Waals surface area contributed by atoms with E-state index in [1.807, 2.05) is 30.3 Å². The van der Waals surface area contributed by atoms with E-state index in [2.05, 4.69) is 5.16 Å². The number of hydrogen-bond acceptors (Lipinski definition) is 5. The van der Waals surface area contributed by atoms with Crippen LogP contribution in [0.25, 0.3) is 10.6 Å². The van der Waals surface area contributed by atoms with Gasteiger partial charge in [-0.1, -0.05) is 42.4 Å². The number of aromatic nitrogens is 1. The number of halogens is 3. The van der Waals surface area contributed by atoms with Crippen LogP contribution in [0.4, 0.5) is 13.2 Å². The average Bonchev–Trinajstić information content (AvgIpc) is 3.29. The van der Waals surface area contributed by atoms with Crippen LogP contribution in [0, 0.1) is 0 Å². The molecule has 0 unspecified atom stereocenters. The van der Waals surface area contributed by atoms with Gasteiger partial charge in [0.25, 0.3) is 10.0 Å². The molecule has 2 aromatic heterocycles. The van der Waals surface area contributed by atoms with Crippen molar-refractivity contribution in [3.63, 3.8) is 0 Å². The zero-order chi connectivity index (χ0) is 19.7. The molecule has 1 aromatic carbocycles. The summed E-state index contributed by atoms with van der Waals surface area (Å²) in [5.74, 6) is -0.125. The van der Waals surface area contributed by atoms with Gasteiger partial charge in [0.2, 0.25) is 0 Å². The van der Waals surface area contributed by atoms with Gasteiger partial charge in [0.1, 0.15) is 4.21 Å². The molecule has 3 rings (SSSR count). The molecule has 0 N–H and O–H groups in total. The molecule has 144 valence electrons. The molecule has 10 heteroatoms. The summed E-state index contributed by atoms with van der Waals surface area (Å²) in [6.07, 6.45) is -4.62. The third-order valence-electron chi connectivity index (χ3n) is 3.77. The molecule has 0 aliphatic rings. The quantitative estimate of drug-likeness (QED) is 0.588. The molecular weight excluding hydrogens is 401 g/mol. The third kappa shape index (κ3) is 4.23. The summed E-state index contributed by atoms with van der Waals surface area (Å²) in [5.41, 5.74) is -0.320. The number of rotatable bonds is 6. The molecule has 0 spiro atoms. The van der Waals surface area contributed by atoms with E-state index < -0.39 is 21.9 Å². The number of sulfonamides is 1. The van der Waals surface area contributed by atoms with Crippen LogP contribution in [0.15, 0.2) is 57.3 Å². The summed E-state index contributed by atoms with van der Waals surface area (Å²) in [6.45, 7) is 2.18. The lowest BCUT2D eigenvalue weighted by Crippen LogP contribution is -2.29. The van der Waals surface area contributed by atoms with E-state index in [-0.39, 0.29) is 27.9 Å². The lowest BCUT2D eigenvalue weighted by atomic mass is 10.2. The monoisotopic (exact) mass is 416 g/mol. The molecule has 2 heterocycles. The third-order valence-corrected chi connectivity index (χ3v) is 7.26. The van der Waals surface area contributed by atoms with E-state index in [0.29, 0.717) is 0 Å². The van der Waals surface area contributed by atoms with E-state index in [1.165, 1.54) is 16.4 Å². The smallest absolute Gasteiger partial charge is 0.355 e. The largest absolute Gasteiger partial charge is 0.436 e. The van der Waals surface area contributed by atoms with Crippen LogP contribution in [0.5, 0.6) is 0 Å². The Hall–Kier alpha value is -2.17. The van der Waals surface area contributed by atoms with Gasteiger partial charge in [0, 0.05) is 19.2 Å². The Balaban J connectivity index is 1.86. The van der Waals surface area contributed by atoms with Gasteiger partial charge < -0.3 is 4.52 Å². The Kier molecular flexibility index (Phi) is 5.41. The van der Waals surface area contributed by atoms with Gasteiger partial charge in [0.05, 0.1) is 4.88 Å². The van der Waals surface area contributed by atoms with Crippen molar-refractivity contribution in [2.45, 2.75) is 23.9 Å². The van der Waals surface area contributed by atoms with Crippen LogP contribution in [-0.2, 0) is 22.7 Å². The van der Waals surface area contributed by atoms with Crippen LogP contribution in [0.3, 0.4) is 0 Å². The lowest BCUT2D eigenvalue weighted by molar-refractivity contribution is -0.142. The van der Waals surface area contributed by atoms with E-state index >= 15 is 0 Å². The average molecular weight is 416 g/mol. The van der Waals surface area contributed by atoms with Gasteiger partial charge in [-0.15, -0.1) is 11.3 Å². The van der Waals surface area contributed by atoms with Crippen molar-refractivity contribution in [3.8, 4) is 10.6 Å². The summed E-state index contributed by atoms with van der Waals surface area (Å²) >= 11 is 0.840. The first-order chi connectivity index (χ1) is 12.7. The molecule has 0 bridgehead atoms. The fourth-order valence-electron chi connectivity index (χ4n) is 2.40. The number of nitrogens with zero attached hydrogens (tertiary/aromatic N) is 2. The maximum atomic E-state index is 12.9. The van der Waals surface area contributed by atoms with Crippen LogP contribution >= 0.6 is 11.3 Å². The second-order valence-electron chi connectivity index (χ2n) is 5.61. The normalized spacial score (nSPS) is 12.6. The lowest BCUT2D eigenvalue weighted by Gasteiger charge is -2.19. The topological polar surface area (TPSA) is 63.4 Å². The number of hydrogen-bond donors (Lipinski definition) is 0. The minimum absolute atomic E-state index is 0.0280. The minimum atomic E-state index is -4.62. The van der Waals surface area contributed by atoms with Gasteiger partial charge in [-0.3, -0.25) is 0 Å². The Bertz CT molecular complexity index is 1010. The van der Waals surface area contributed by atoms with Gasteiger partial charge >= 0.3 is 6.18 Å². The summed E-state index contributed by atoms with van der Waals surface area (Å²) in [4.78, 5) is 0.257. The number of thiophene rings is 1. The van der Waals surface area contributed by atoms with Crippen molar-refractivity contribution in [3.05, 3.63) is 59.8 Å². The van der Waals surface area contributed by atoms with Crippen LogP contribution in [0.2, 0.25) is 0 Å². The molecule has 0 saturated heterocycles. The summed E-state index contributed by atoms with van der Waals surface area (Å²) in [5, 5.41) is 2.99. The first kappa shape index (κ1) is 19.6. The summed E-state index contributed by atoms with van der Waals surface area (Å²) in [6, 6.07) is 12.7. The highest BCUT2D eigenvalue weighted by molar-refractivity contribution is 7.91. The summed E-state index contributed by atoms with van der Waals surface area (Å²) < 4.78 is 69.8. The summed E-state index contributed by atoms with van der Waals surface area (Å²) in [7, 11) is -3.79. The second-order valence-corrected chi connectivity index (χ2v) is 8.86. The molecule has 0 aliphatic carbocycles. The van der Waals surface area contributed by atoms with E-state index in [1.54, 1.807) is 6.92 Å². The first-order valence-corrected chi connectivity index (χ1v) is 10.2. The van der Waals surface area contributed by atoms with Crippen LogP contribution < -0.4 is 0 Å². The molecule has 3 aromatic rings. The second kappa shape index (κ2) is 7.45. The molecule has 0 radical (unpaired) electrons. The highest BCUT2D eigenvalue weighted by Crippen LogP contribution is 2.36. The minimum Gasteiger partial charge on any atom is -0.355 e. The van der Waals surface area contributed by atoms with Crippen molar-refractivity contribution in [2.24, 2.45) is 0 Å². The Morgan fingerprint density at radius 3 is 2.44 bits per heavy atom.